The third kappa shape index (κ3) is 3.85. The Kier molecular flexibility index (Phi) is 4.68. The van der Waals surface area contributed by atoms with Crippen molar-refractivity contribution < 1.29 is 9.90 Å². The quantitative estimate of drug-likeness (QED) is 0.765. The van der Waals surface area contributed by atoms with Crippen LogP contribution in [-0.2, 0) is 11.2 Å². The number of benzene rings is 1. The van der Waals surface area contributed by atoms with Crippen LogP contribution in [-0.4, -0.2) is 28.1 Å². The van der Waals surface area contributed by atoms with Crippen molar-refractivity contribution in [2.75, 3.05) is 6.54 Å². The zero-order chi connectivity index (χ0) is 15.5. The lowest BCUT2D eigenvalue weighted by Gasteiger charge is -2.27. The molecule has 1 amide bonds. The van der Waals surface area contributed by atoms with Crippen molar-refractivity contribution in [3.63, 3.8) is 0 Å². The van der Waals surface area contributed by atoms with Crippen molar-refractivity contribution >= 4 is 16.8 Å². The molecule has 0 saturated carbocycles. The number of hydrogen-bond donors (Lipinski definition) is 3. The van der Waals surface area contributed by atoms with Gasteiger partial charge in [0.1, 0.15) is 0 Å². The first kappa shape index (κ1) is 15.6. The second-order valence-corrected chi connectivity index (χ2v) is 6.15. The number of H-pyrrole nitrogens is 1. The molecule has 1 aromatic carbocycles. The summed E-state index contributed by atoms with van der Waals surface area (Å²) in [7, 11) is 0. The minimum Gasteiger partial charge on any atom is -0.388 e. The van der Waals surface area contributed by atoms with Gasteiger partial charge >= 0.3 is 0 Å². The van der Waals surface area contributed by atoms with E-state index in [9.17, 15) is 9.90 Å². The van der Waals surface area contributed by atoms with Crippen LogP contribution in [0.2, 0.25) is 0 Å². The van der Waals surface area contributed by atoms with E-state index in [0.29, 0.717) is 12.8 Å². The van der Waals surface area contributed by atoms with E-state index in [2.05, 4.69) is 16.4 Å². The Balaban J connectivity index is 1.87. The molecule has 1 aromatic heterocycles. The molecule has 0 fully saturated rings. The number of rotatable bonds is 6. The Morgan fingerprint density at radius 3 is 2.81 bits per heavy atom. The summed E-state index contributed by atoms with van der Waals surface area (Å²) in [5.41, 5.74) is 1.38. The van der Waals surface area contributed by atoms with Gasteiger partial charge in [0.25, 0.3) is 0 Å². The van der Waals surface area contributed by atoms with Gasteiger partial charge in [0, 0.05) is 30.1 Å². The SMILES string of the molecule is CC(C)C(C)(O)CNC(=O)CCc1c[nH]c2ccccc12. The molecular weight excluding hydrogens is 264 g/mol. The molecule has 0 radical (unpaired) electrons. The van der Waals surface area contributed by atoms with Crippen LogP contribution in [0.5, 0.6) is 0 Å². The average Bonchev–Trinajstić information content (AvgIpc) is 2.86. The van der Waals surface area contributed by atoms with Crippen molar-refractivity contribution in [1.29, 1.82) is 0 Å². The highest BCUT2D eigenvalue weighted by Gasteiger charge is 2.25. The number of carbonyl (C=O) groups excluding carboxylic acids is 1. The molecule has 0 spiro atoms. The molecule has 4 heteroatoms. The zero-order valence-corrected chi connectivity index (χ0v) is 12.9. The van der Waals surface area contributed by atoms with E-state index in [-0.39, 0.29) is 18.4 Å². The van der Waals surface area contributed by atoms with Crippen LogP contribution >= 0.6 is 0 Å². The number of para-hydroxylation sites is 1. The first-order chi connectivity index (χ1) is 9.90. The van der Waals surface area contributed by atoms with Gasteiger partial charge in [0.05, 0.1) is 5.60 Å². The summed E-state index contributed by atoms with van der Waals surface area (Å²) in [5, 5.41) is 14.1. The lowest BCUT2D eigenvalue weighted by molar-refractivity contribution is -0.122. The van der Waals surface area contributed by atoms with Gasteiger partial charge < -0.3 is 15.4 Å². The van der Waals surface area contributed by atoms with Crippen LogP contribution in [0.4, 0.5) is 0 Å². The fraction of sp³-hybridized carbons (Fsp3) is 0.471. The maximum Gasteiger partial charge on any atom is 0.220 e. The van der Waals surface area contributed by atoms with Gasteiger partial charge in [-0.3, -0.25) is 4.79 Å². The summed E-state index contributed by atoms with van der Waals surface area (Å²) in [6.45, 7) is 5.92. The summed E-state index contributed by atoms with van der Waals surface area (Å²) < 4.78 is 0. The summed E-state index contributed by atoms with van der Waals surface area (Å²) >= 11 is 0. The normalized spacial score (nSPS) is 14.3. The minimum atomic E-state index is -0.865. The second-order valence-electron chi connectivity index (χ2n) is 6.15. The van der Waals surface area contributed by atoms with E-state index in [4.69, 9.17) is 0 Å². The monoisotopic (exact) mass is 288 g/mol. The van der Waals surface area contributed by atoms with Gasteiger partial charge in [0.2, 0.25) is 5.91 Å². The van der Waals surface area contributed by atoms with Gasteiger partial charge in [-0.2, -0.15) is 0 Å². The van der Waals surface area contributed by atoms with Crippen LogP contribution in [0.1, 0.15) is 32.8 Å². The molecule has 4 nitrogen and oxygen atoms in total. The summed E-state index contributed by atoms with van der Waals surface area (Å²) in [6, 6.07) is 8.07. The third-order valence-electron chi connectivity index (χ3n) is 4.18. The molecule has 3 N–H and O–H groups in total. The van der Waals surface area contributed by atoms with E-state index < -0.39 is 5.60 Å². The lowest BCUT2D eigenvalue weighted by atomic mass is 9.92. The Morgan fingerprint density at radius 2 is 2.10 bits per heavy atom. The minimum absolute atomic E-state index is 0.0267. The third-order valence-corrected chi connectivity index (χ3v) is 4.18. The molecule has 1 atom stereocenters. The topological polar surface area (TPSA) is 65.1 Å². The number of hydrogen-bond acceptors (Lipinski definition) is 2. The van der Waals surface area contributed by atoms with Crippen LogP contribution in [0.15, 0.2) is 30.5 Å². The Labute approximate surface area is 125 Å². The van der Waals surface area contributed by atoms with Gasteiger partial charge in [-0.1, -0.05) is 32.0 Å². The number of fused-ring (bicyclic) bond motifs is 1. The number of aliphatic hydroxyl groups is 1. The fourth-order valence-electron chi connectivity index (χ4n) is 2.16. The van der Waals surface area contributed by atoms with E-state index >= 15 is 0 Å². The Morgan fingerprint density at radius 1 is 1.38 bits per heavy atom. The molecule has 0 aliphatic rings. The van der Waals surface area contributed by atoms with Gasteiger partial charge in [-0.25, -0.2) is 0 Å². The first-order valence-corrected chi connectivity index (χ1v) is 7.44. The lowest BCUT2D eigenvalue weighted by Crippen LogP contribution is -2.44. The van der Waals surface area contributed by atoms with Crippen molar-refractivity contribution in [2.45, 2.75) is 39.2 Å². The highest BCUT2D eigenvalue weighted by atomic mass is 16.3. The van der Waals surface area contributed by atoms with E-state index in [1.54, 1.807) is 6.92 Å². The Hall–Kier alpha value is -1.81. The number of aromatic amines is 1. The number of carbonyl (C=O) groups is 1. The van der Waals surface area contributed by atoms with E-state index in [0.717, 1.165) is 11.1 Å². The summed E-state index contributed by atoms with van der Waals surface area (Å²) in [5.74, 6) is 0.0765. The van der Waals surface area contributed by atoms with Crippen molar-refractivity contribution in [1.82, 2.24) is 10.3 Å². The Bertz CT molecular complexity index is 614. The number of amides is 1. The molecule has 2 rings (SSSR count). The van der Waals surface area contributed by atoms with E-state index in [1.165, 1.54) is 5.39 Å². The van der Waals surface area contributed by atoms with Crippen LogP contribution in [0, 0.1) is 5.92 Å². The molecule has 0 aliphatic carbocycles. The van der Waals surface area contributed by atoms with Gasteiger partial charge in [-0.15, -0.1) is 0 Å². The molecule has 21 heavy (non-hydrogen) atoms. The molecule has 0 aliphatic heterocycles. The first-order valence-electron chi connectivity index (χ1n) is 7.44. The molecule has 2 aromatic rings. The van der Waals surface area contributed by atoms with Crippen LogP contribution < -0.4 is 5.32 Å². The van der Waals surface area contributed by atoms with Crippen LogP contribution in [0.3, 0.4) is 0 Å². The van der Waals surface area contributed by atoms with Gasteiger partial charge in [0.15, 0.2) is 0 Å². The van der Waals surface area contributed by atoms with Crippen molar-refractivity contribution in [3.05, 3.63) is 36.0 Å². The molecular formula is C17H24N2O2. The molecule has 0 bridgehead atoms. The van der Waals surface area contributed by atoms with Gasteiger partial charge in [-0.05, 0) is 30.9 Å². The predicted molar refractivity (Wildman–Crippen MR) is 85.1 cm³/mol. The highest BCUT2D eigenvalue weighted by Crippen LogP contribution is 2.19. The largest absolute Gasteiger partial charge is 0.388 e. The number of nitrogens with one attached hydrogen (secondary N) is 2. The maximum absolute atomic E-state index is 11.9. The molecule has 1 heterocycles. The average molecular weight is 288 g/mol. The predicted octanol–water partition coefficient (Wildman–Crippen LogP) is 2.62. The van der Waals surface area contributed by atoms with Crippen LogP contribution in [0.25, 0.3) is 10.9 Å². The molecule has 114 valence electrons. The van der Waals surface area contributed by atoms with E-state index in [1.807, 2.05) is 38.2 Å². The maximum atomic E-state index is 11.9. The fourth-order valence-corrected chi connectivity index (χ4v) is 2.16. The molecule has 1 unspecified atom stereocenters. The summed E-state index contributed by atoms with van der Waals surface area (Å²) in [6.07, 6.45) is 3.08. The summed E-state index contributed by atoms with van der Waals surface area (Å²) in [4.78, 5) is 15.1. The zero-order valence-electron chi connectivity index (χ0n) is 12.9. The van der Waals surface area contributed by atoms with Crippen molar-refractivity contribution in [2.24, 2.45) is 5.92 Å². The number of aryl methyl sites for hydroxylation is 1. The molecule has 0 saturated heterocycles. The second kappa shape index (κ2) is 6.31. The van der Waals surface area contributed by atoms with Crippen molar-refractivity contribution in [3.8, 4) is 0 Å². The number of aromatic nitrogens is 1. The smallest absolute Gasteiger partial charge is 0.220 e. The highest BCUT2D eigenvalue weighted by molar-refractivity contribution is 5.84. The standard InChI is InChI=1S/C17H24N2O2/c1-12(2)17(3,21)11-19-16(20)9-8-13-10-18-15-7-5-4-6-14(13)15/h4-7,10,12,18,21H,8-9,11H2,1-3H3,(H,19,20).